The molecule has 0 saturated carbocycles. The molecule has 0 bridgehead atoms. The number of nitrogens with zero attached hydrogens (tertiary/aromatic N) is 1. The fourth-order valence-electron chi connectivity index (χ4n) is 1.44. The summed E-state index contributed by atoms with van der Waals surface area (Å²) in [5.74, 6) is 0.222. The molecule has 1 aliphatic rings. The molecule has 0 aromatic carbocycles. The van der Waals surface area contributed by atoms with E-state index >= 15 is 0 Å². The van der Waals surface area contributed by atoms with E-state index in [-0.39, 0.29) is 5.91 Å². The van der Waals surface area contributed by atoms with Gasteiger partial charge in [0.15, 0.2) is 0 Å². The van der Waals surface area contributed by atoms with Crippen molar-refractivity contribution in [2.75, 3.05) is 33.2 Å². The van der Waals surface area contributed by atoms with Crippen molar-refractivity contribution >= 4 is 5.91 Å². The Kier molecular flexibility index (Phi) is 4.18. The Hall–Kier alpha value is -0.610. The molecule has 1 amide bonds. The lowest BCUT2D eigenvalue weighted by Gasteiger charge is -2.23. The van der Waals surface area contributed by atoms with Gasteiger partial charge in [-0.1, -0.05) is 0 Å². The van der Waals surface area contributed by atoms with Crippen molar-refractivity contribution in [2.24, 2.45) is 0 Å². The zero-order valence-corrected chi connectivity index (χ0v) is 8.47. The Bertz CT molecular complexity index is 172. The second-order valence-corrected chi connectivity index (χ2v) is 3.56. The molecule has 0 spiro atoms. The van der Waals surface area contributed by atoms with E-state index in [0.29, 0.717) is 12.6 Å². The third-order valence-electron chi connectivity index (χ3n) is 2.40. The van der Waals surface area contributed by atoms with Crippen molar-refractivity contribution in [3.8, 4) is 0 Å². The number of rotatable bonds is 3. The zero-order valence-electron chi connectivity index (χ0n) is 8.47. The molecule has 0 radical (unpaired) electrons. The van der Waals surface area contributed by atoms with Crippen LogP contribution in [0, 0.1) is 0 Å². The molecule has 4 heteroatoms. The zero-order chi connectivity index (χ0) is 9.68. The summed E-state index contributed by atoms with van der Waals surface area (Å²) in [6.45, 7) is 5.24. The van der Waals surface area contributed by atoms with E-state index < -0.39 is 0 Å². The maximum absolute atomic E-state index is 11.5. The van der Waals surface area contributed by atoms with E-state index in [1.54, 1.807) is 0 Å². The number of hydrogen-bond acceptors (Lipinski definition) is 3. The molecule has 1 unspecified atom stereocenters. The van der Waals surface area contributed by atoms with Gasteiger partial charge in [-0.25, -0.2) is 0 Å². The lowest BCUT2D eigenvalue weighted by molar-refractivity contribution is -0.129. The number of likely N-dealkylation sites (N-methyl/N-ethyl adjacent to an activating group) is 1. The molecule has 0 aliphatic carbocycles. The van der Waals surface area contributed by atoms with E-state index in [1.165, 1.54) is 0 Å². The van der Waals surface area contributed by atoms with Crippen LogP contribution in [0.25, 0.3) is 0 Å². The van der Waals surface area contributed by atoms with Crippen LogP contribution >= 0.6 is 0 Å². The molecular formula is C9H19N3O. The first-order valence-corrected chi connectivity index (χ1v) is 4.90. The van der Waals surface area contributed by atoms with Gasteiger partial charge in [0.2, 0.25) is 5.91 Å². The normalized spacial score (nSPS) is 21.4. The van der Waals surface area contributed by atoms with Gasteiger partial charge in [0.25, 0.3) is 0 Å². The first-order valence-electron chi connectivity index (χ1n) is 4.90. The summed E-state index contributed by atoms with van der Waals surface area (Å²) in [6.07, 6.45) is 1.06. The smallest absolute Gasteiger partial charge is 0.236 e. The van der Waals surface area contributed by atoms with Crippen LogP contribution in [0.2, 0.25) is 0 Å². The van der Waals surface area contributed by atoms with Crippen molar-refractivity contribution in [1.29, 1.82) is 0 Å². The van der Waals surface area contributed by atoms with Crippen LogP contribution in [-0.4, -0.2) is 50.1 Å². The minimum atomic E-state index is 0.222. The summed E-state index contributed by atoms with van der Waals surface area (Å²) in [5, 5.41) is 6.25. The van der Waals surface area contributed by atoms with Crippen molar-refractivity contribution in [3.05, 3.63) is 0 Å². The summed E-state index contributed by atoms with van der Waals surface area (Å²) in [4.78, 5) is 13.4. The van der Waals surface area contributed by atoms with Crippen LogP contribution in [0.5, 0.6) is 0 Å². The van der Waals surface area contributed by atoms with Gasteiger partial charge in [0.1, 0.15) is 0 Å². The van der Waals surface area contributed by atoms with E-state index in [0.717, 1.165) is 26.1 Å². The Morgan fingerprint density at radius 2 is 2.46 bits per heavy atom. The van der Waals surface area contributed by atoms with Crippen LogP contribution < -0.4 is 10.6 Å². The largest absolute Gasteiger partial charge is 0.340 e. The fourth-order valence-corrected chi connectivity index (χ4v) is 1.44. The molecule has 4 nitrogen and oxygen atoms in total. The monoisotopic (exact) mass is 185 g/mol. The molecule has 76 valence electrons. The van der Waals surface area contributed by atoms with Gasteiger partial charge >= 0.3 is 0 Å². The first-order chi connectivity index (χ1) is 6.24. The minimum absolute atomic E-state index is 0.222. The van der Waals surface area contributed by atoms with E-state index in [1.807, 2.05) is 11.9 Å². The summed E-state index contributed by atoms with van der Waals surface area (Å²) < 4.78 is 0. The summed E-state index contributed by atoms with van der Waals surface area (Å²) in [5.41, 5.74) is 0. The van der Waals surface area contributed by atoms with Gasteiger partial charge < -0.3 is 15.5 Å². The van der Waals surface area contributed by atoms with Crippen molar-refractivity contribution in [3.63, 3.8) is 0 Å². The third kappa shape index (κ3) is 3.32. The molecule has 1 saturated heterocycles. The molecule has 1 aliphatic heterocycles. The van der Waals surface area contributed by atoms with Crippen molar-refractivity contribution < 1.29 is 4.79 Å². The van der Waals surface area contributed by atoms with Crippen LogP contribution in [0.4, 0.5) is 0 Å². The highest BCUT2D eigenvalue weighted by Crippen LogP contribution is 1.98. The molecule has 1 atom stereocenters. The van der Waals surface area contributed by atoms with E-state index in [4.69, 9.17) is 0 Å². The van der Waals surface area contributed by atoms with E-state index in [2.05, 4.69) is 17.6 Å². The number of hydrogen-bond donors (Lipinski definition) is 2. The Labute approximate surface area is 79.7 Å². The van der Waals surface area contributed by atoms with Gasteiger partial charge in [-0.05, 0) is 26.9 Å². The van der Waals surface area contributed by atoms with Crippen LogP contribution in [0.1, 0.15) is 13.3 Å². The molecule has 13 heavy (non-hydrogen) atoms. The molecule has 0 aromatic heterocycles. The molecular weight excluding hydrogens is 166 g/mol. The SMILES string of the molecule is CNC(C)CN1CCCNCC1=O. The molecule has 0 aromatic rings. The quantitative estimate of drug-likeness (QED) is 0.618. The Balaban J connectivity index is 2.40. The molecule has 2 N–H and O–H groups in total. The minimum Gasteiger partial charge on any atom is -0.340 e. The van der Waals surface area contributed by atoms with Crippen LogP contribution in [-0.2, 0) is 4.79 Å². The third-order valence-corrected chi connectivity index (χ3v) is 2.40. The topological polar surface area (TPSA) is 44.4 Å². The second kappa shape index (κ2) is 5.19. The van der Waals surface area contributed by atoms with Gasteiger partial charge in [-0.2, -0.15) is 0 Å². The Morgan fingerprint density at radius 3 is 3.15 bits per heavy atom. The lowest BCUT2D eigenvalue weighted by Crippen LogP contribution is -2.42. The van der Waals surface area contributed by atoms with Gasteiger partial charge in [0, 0.05) is 19.1 Å². The summed E-state index contributed by atoms with van der Waals surface area (Å²) >= 11 is 0. The maximum atomic E-state index is 11.5. The lowest BCUT2D eigenvalue weighted by atomic mass is 10.3. The second-order valence-electron chi connectivity index (χ2n) is 3.56. The average Bonchev–Trinajstić information content (AvgIpc) is 2.32. The van der Waals surface area contributed by atoms with Gasteiger partial charge in [-0.15, -0.1) is 0 Å². The van der Waals surface area contributed by atoms with Crippen LogP contribution in [0.15, 0.2) is 0 Å². The predicted molar refractivity (Wildman–Crippen MR) is 52.6 cm³/mol. The highest BCUT2D eigenvalue weighted by molar-refractivity contribution is 5.78. The number of amides is 1. The van der Waals surface area contributed by atoms with Crippen molar-refractivity contribution in [2.45, 2.75) is 19.4 Å². The molecule has 1 fully saturated rings. The van der Waals surface area contributed by atoms with E-state index in [9.17, 15) is 4.79 Å². The summed E-state index contributed by atoms with van der Waals surface area (Å²) in [7, 11) is 1.92. The fraction of sp³-hybridized carbons (Fsp3) is 0.889. The van der Waals surface area contributed by atoms with Gasteiger partial charge in [0.05, 0.1) is 6.54 Å². The summed E-state index contributed by atoms with van der Waals surface area (Å²) in [6, 6.07) is 0.377. The number of carbonyl (C=O) groups excluding carboxylic acids is 1. The Morgan fingerprint density at radius 1 is 1.69 bits per heavy atom. The number of carbonyl (C=O) groups is 1. The highest BCUT2D eigenvalue weighted by Gasteiger charge is 2.17. The maximum Gasteiger partial charge on any atom is 0.236 e. The van der Waals surface area contributed by atoms with Gasteiger partial charge in [-0.3, -0.25) is 4.79 Å². The first kappa shape index (κ1) is 10.5. The predicted octanol–water partition coefficient (Wildman–Crippen LogP) is -0.584. The number of nitrogens with one attached hydrogen (secondary N) is 2. The average molecular weight is 185 g/mol. The molecule has 1 rings (SSSR count). The van der Waals surface area contributed by atoms with Crippen LogP contribution in [0.3, 0.4) is 0 Å². The highest BCUT2D eigenvalue weighted by atomic mass is 16.2. The molecule has 1 heterocycles. The van der Waals surface area contributed by atoms with Crippen molar-refractivity contribution in [1.82, 2.24) is 15.5 Å². The standard InChI is InChI=1S/C9H19N3O/c1-8(10-2)7-12-5-3-4-11-6-9(12)13/h8,10-11H,3-7H2,1-2H3.